The number of carbonyl (C=O) groups excluding carboxylic acids is 1. The van der Waals surface area contributed by atoms with E-state index in [1.165, 1.54) is 4.90 Å². The van der Waals surface area contributed by atoms with Crippen LogP contribution in [0.25, 0.3) is 0 Å². The molecular formula is C5H6ClNO. The van der Waals surface area contributed by atoms with Gasteiger partial charge in [0.2, 0.25) is 5.91 Å². The van der Waals surface area contributed by atoms with Gasteiger partial charge in [-0.2, -0.15) is 0 Å². The van der Waals surface area contributed by atoms with Crippen molar-refractivity contribution in [3.05, 3.63) is 11.2 Å². The van der Waals surface area contributed by atoms with Crippen LogP contribution in [-0.4, -0.2) is 17.9 Å². The summed E-state index contributed by atoms with van der Waals surface area (Å²) >= 11 is 5.50. The predicted molar refractivity (Wildman–Crippen MR) is 31.3 cm³/mol. The standard InChI is InChI=1S/C5H6ClNO/c1-7-3-4(6)2-5(7)8/h3H,2H2,1H3. The molecule has 0 saturated heterocycles. The number of nitrogens with zero attached hydrogens (tertiary/aromatic N) is 1. The molecule has 0 aromatic rings. The minimum absolute atomic E-state index is 0.0648. The van der Waals surface area contributed by atoms with Gasteiger partial charge >= 0.3 is 0 Å². The molecule has 0 fully saturated rings. The summed E-state index contributed by atoms with van der Waals surface area (Å²) in [5.74, 6) is 0.0648. The lowest BCUT2D eigenvalue weighted by Gasteiger charge is -2.00. The Morgan fingerprint density at radius 2 is 2.50 bits per heavy atom. The molecule has 0 unspecified atom stereocenters. The molecule has 0 aliphatic carbocycles. The summed E-state index contributed by atoms with van der Waals surface area (Å²) in [5.41, 5.74) is 0. The fourth-order valence-electron chi connectivity index (χ4n) is 0.597. The molecule has 0 bridgehead atoms. The fourth-order valence-corrected chi connectivity index (χ4v) is 0.858. The summed E-state index contributed by atoms with van der Waals surface area (Å²) in [6, 6.07) is 0. The summed E-state index contributed by atoms with van der Waals surface area (Å²) in [7, 11) is 1.69. The first-order valence-electron chi connectivity index (χ1n) is 2.32. The molecule has 0 aromatic carbocycles. The van der Waals surface area contributed by atoms with Crippen LogP contribution in [0.4, 0.5) is 0 Å². The van der Waals surface area contributed by atoms with Crippen molar-refractivity contribution in [1.29, 1.82) is 0 Å². The third-order valence-electron chi connectivity index (χ3n) is 1.05. The summed E-state index contributed by atoms with van der Waals surface area (Å²) in [6.07, 6.45) is 2.00. The zero-order valence-electron chi connectivity index (χ0n) is 4.52. The average Bonchev–Trinajstić information content (AvgIpc) is 1.85. The van der Waals surface area contributed by atoms with E-state index >= 15 is 0 Å². The molecule has 44 valence electrons. The topological polar surface area (TPSA) is 20.3 Å². The van der Waals surface area contributed by atoms with Gasteiger partial charge in [0.1, 0.15) is 0 Å². The smallest absolute Gasteiger partial charge is 0.231 e. The highest BCUT2D eigenvalue weighted by molar-refractivity contribution is 6.31. The van der Waals surface area contributed by atoms with E-state index in [2.05, 4.69) is 0 Å². The Morgan fingerprint density at radius 1 is 1.88 bits per heavy atom. The summed E-state index contributed by atoms with van der Waals surface area (Å²) in [5, 5.41) is 0.623. The van der Waals surface area contributed by atoms with Gasteiger partial charge in [0, 0.05) is 18.3 Å². The van der Waals surface area contributed by atoms with Crippen LogP contribution in [0.3, 0.4) is 0 Å². The van der Waals surface area contributed by atoms with Crippen molar-refractivity contribution in [3.63, 3.8) is 0 Å². The first-order valence-corrected chi connectivity index (χ1v) is 2.70. The molecule has 1 heterocycles. The molecule has 0 atom stereocenters. The van der Waals surface area contributed by atoms with Crippen LogP contribution < -0.4 is 0 Å². The zero-order chi connectivity index (χ0) is 6.15. The van der Waals surface area contributed by atoms with Gasteiger partial charge in [0.25, 0.3) is 0 Å². The number of rotatable bonds is 0. The highest BCUT2D eigenvalue weighted by atomic mass is 35.5. The van der Waals surface area contributed by atoms with Crippen LogP contribution in [0.1, 0.15) is 6.42 Å². The van der Waals surface area contributed by atoms with Gasteiger partial charge in [-0.1, -0.05) is 11.6 Å². The minimum Gasteiger partial charge on any atom is -0.321 e. The SMILES string of the molecule is CN1C=C(Cl)CC1=O. The van der Waals surface area contributed by atoms with Gasteiger partial charge in [-0.15, -0.1) is 0 Å². The van der Waals surface area contributed by atoms with Crippen molar-refractivity contribution in [2.75, 3.05) is 7.05 Å². The second-order valence-corrected chi connectivity index (χ2v) is 2.24. The van der Waals surface area contributed by atoms with Crippen LogP contribution in [-0.2, 0) is 4.79 Å². The molecule has 1 aliphatic heterocycles. The van der Waals surface area contributed by atoms with Crippen LogP contribution in [0.2, 0.25) is 0 Å². The van der Waals surface area contributed by atoms with Crippen LogP contribution in [0.5, 0.6) is 0 Å². The third-order valence-corrected chi connectivity index (χ3v) is 1.28. The Morgan fingerprint density at radius 3 is 2.62 bits per heavy atom. The van der Waals surface area contributed by atoms with E-state index in [9.17, 15) is 4.79 Å². The molecule has 0 aromatic heterocycles. The molecule has 2 nitrogen and oxygen atoms in total. The maximum absolute atomic E-state index is 10.6. The van der Waals surface area contributed by atoms with Gasteiger partial charge in [-0.3, -0.25) is 4.79 Å². The van der Waals surface area contributed by atoms with Gasteiger partial charge in [0.15, 0.2) is 0 Å². The van der Waals surface area contributed by atoms with E-state index in [0.717, 1.165) is 0 Å². The monoisotopic (exact) mass is 131 g/mol. The number of carbonyl (C=O) groups is 1. The first-order chi connectivity index (χ1) is 3.70. The van der Waals surface area contributed by atoms with Gasteiger partial charge in [0.05, 0.1) is 6.42 Å². The van der Waals surface area contributed by atoms with Crippen molar-refractivity contribution in [2.45, 2.75) is 6.42 Å². The van der Waals surface area contributed by atoms with Crippen molar-refractivity contribution < 1.29 is 4.79 Å². The number of hydrogen-bond donors (Lipinski definition) is 0. The van der Waals surface area contributed by atoms with E-state index < -0.39 is 0 Å². The molecule has 1 aliphatic rings. The maximum Gasteiger partial charge on any atom is 0.231 e. The minimum atomic E-state index is 0.0648. The quantitative estimate of drug-likeness (QED) is 0.479. The number of amides is 1. The molecule has 1 rings (SSSR count). The van der Waals surface area contributed by atoms with Gasteiger partial charge in [-0.05, 0) is 0 Å². The highest BCUT2D eigenvalue weighted by Crippen LogP contribution is 2.16. The summed E-state index contributed by atoms with van der Waals surface area (Å²) < 4.78 is 0. The second-order valence-electron chi connectivity index (χ2n) is 1.76. The van der Waals surface area contributed by atoms with Crippen molar-refractivity contribution in [3.8, 4) is 0 Å². The highest BCUT2D eigenvalue weighted by Gasteiger charge is 2.15. The molecule has 0 spiro atoms. The molecular weight excluding hydrogens is 126 g/mol. The van der Waals surface area contributed by atoms with Crippen LogP contribution in [0, 0.1) is 0 Å². The molecule has 3 heteroatoms. The molecule has 8 heavy (non-hydrogen) atoms. The molecule has 0 saturated carbocycles. The normalized spacial score (nSPS) is 19.5. The zero-order valence-corrected chi connectivity index (χ0v) is 5.27. The van der Waals surface area contributed by atoms with Gasteiger partial charge in [-0.25, -0.2) is 0 Å². The fraction of sp³-hybridized carbons (Fsp3) is 0.400. The Kier molecular flexibility index (Phi) is 1.26. The third kappa shape index (κ3) is 0.842. The lowest BCUT2D eigenvalue weighted by Crippen LogP contribution is -2.13. The van der Waals surface area contributed by atoms with E-state index in [-0.39, 0.29) is 5.91 Å². The van der Waals surface area contributed by atoms with Crippen molar-refractivity contribution >= 4 is 17.5 Å². The van der Waals surface area contributed by atoms with Crippen molar-refractivity contribution in [1.82, 2.24) is 4.90 Å². The summed E-state index contributed by atoms with van der Waals surface area (Å²) in [6.45, 7) is 0. The van der Waals surface area contributed by atoms with E-state index in [4.69, 9.17) is 11.6 Å². The lowest BCUT2D eigenvalue weighted by molar-refractivity contribution is -0.125. The molecule has 0 N–H and O–H groups in total. The molecule has 1 amide bonds. The number of halogens is 1. The maximum atomic E-state index is 10.6. The largest absolute Gasteiger partial charge is 0.321 e. The Bertz CT molecular complexity index is 153. The Balaban J connectivity index is 2.69. The van der Waals surface area contributed by atoms with Crippen LogP contribution in [0.15, 0.2) is 11.2 Å². The number of hydrogen-bond acceptors (Lipinski definition) is 1. The lowest BCUT2D eigenvalue weighted by atomic mass is 10.4. The van der Waals surface area contributed by atoms with E-state index in [1.807, 2.05) is 0 Å². The van der Waals surface area contributed by atoms with Crippen molar-refractivity contribution in [2.24, 2.45) is 0 Å². The van der Waals surface area contributed by atoms with E-state index in [0.29, 0.717) is 11.5 Å². The van der Waals surface area contributed by atoms with Crippen LogP contribution >= 0.6 is 11.6 Å². The second kappa shape index (κ2) is 1.78. The van der Waals surface area contributed by atoms with E-state index in [1.54, 1.807) is 13.2 Å². The predicted octanol–water partition coefficient (Wildman–Crippen LogP) is 0.929. The first kappa shape index (κ1) is 5.63. The Hall–Kier alpha value is -0.500. The summed E-state index contributed by atoms with van der Waals surface area (Å²) in [4.78, 5) is 12.1. The molecule has 0 radical (unpaired) electrons. The Labute approximate surface area is 52.7 Å². The average molecular weight is 132 g/mol. The van der Waals surface area contributed by atoms with Gasteiger partial charge < -0.3 is 4.90 Å².